The van der Waals surface area contributed by atoms with E-state index in [1.165, 1.54) is 35.6 Å². The van der Waals surface area contributed by atoms with E-state index in [-0.39, 0.29) is 12.4 Å². The van der Waals surface area contributed by atoms with Crippen molar-refractivity contribution in [3.63, 3.8) is 0 Å². The van der Waals surface area contributed by atoms with Gasteiger partial charge >= 0.3 is 0 Å². The van der Waals surface area contributed by atoms with Crippen LogP contribution >= 0.6 is 12.4 Å². The van der Waals surface area contributed by atoms with E-state index in [1.54, 1.807) is 0 Å². The number of rotatable bonds is 5. The monoisotopic (exact) mass is 387 g/mol. The molecule has 0 amide bonds. The van der Waals surface area contributed by atoms with Gasteiger partial charge in [0.1, 0.15) is 5.78 Å². The lowest BCUT2D eigenvalue weighted by molar-refractivity contribution is -0.123. The van der Waals surface area contributed by atoms with Crippen LogP contribution in [0, 0.1) is 0 Å². The predicted octanol–water partition coefficient (Wildman–Crippen LogP) is 4.80. The summed E-state index contributed by atoms with van der Waals surface area (Å²) in [7, 11) is 0. The first kappa shape index (κ1) is 20.3. The number of ether oxygens (including phenoxy) is 1. The lowest BCUT2D eigenvalue weighted by atomic mass is 9.89. The van der Waals surface area contributed by atoms with Gasteiger partial charge in [0.15, 0.2) is 0 Å². The molecule has 0 unspecified atom stereocenters. The Morgan fingerprint density at radius 2 is 1.70 bits per heavy atom. The minimum absolute atomic E-state index is 0. The molecule has 0 spiro atoms. The molecule has 4 rings (SSSR count). The number of likely N-dealkylation sites (tertiary alicyclic amines) is 1. The zero-order valence-electron chi connectivity index (χ0n) is 15.9. The SMILES string of the molecule is Cl.O=C1CCN([C@@H]2CCCC[C@H]2OCCc2cccc3ccccc23)CC1. The summed E-state index contributed by atoms with van der Waals surface area (Å²) in [5.74, 6) is 0.422. The van der Waals surface area contributed by atoms with Gasteiger partial charge in [-0.05, 0) is 35.6 Å². The van der Waals surface area contributed by atoms with Crippen LogP contribution in [0.25, 0.3) is 10.8 Å². The fourth-order valence-electron chi connectivity index (χ4n) is 4.63. The number of carbonyl (C=O) groups is 1. The smallest absolute Gasteiger partial charge is 0.135 e. The highest BCUT2D eigenvalue weighted by molar-refractivity contribution is 5.86. The zero-order chi connectivity index (χ0) is 17.8. The van der Waals surface area contributed by atoms with Crippen LogP contribution in [0.4, 0.5) is 0 Å². The Labute approximate surface area is 168 Å². The van der Waals surface area contributed by atoms with Crippen molar-refractivity contribution in [1.82, 2.24) is 4.90 Å². The topological polar surface area (TPSA) is 29.5 Å². The maximum atomic E-state index is 11.6. The van der Waals surface area contributed by atoms with Gasteiger partial charge in [-0.15, -0.1) is 12.4 Å². The molecular formula is C23H30ClNO2. The van der Waals surface area contributed by atoms with Crippen molar-refractivity contribution in [3.8, 4) is 0 Å². The Morgan fingerprint density at radius 3 is 2.56 bits per heavy atom. The van der Waals surface area contributed by atoms with Crippen LogP contribution in [0.3, 0.4) is 0 Å². The van der Waals surface area contributed by atoms with Crippen molar-refractivity contribution in [1.29, 1.82) is 0 Å². The molecule has 2 aromatic carbocycles. The quantitative estimate of drug-likeness (QED) is 0.738. The first-order chi connectivity index (χ1) is 12.8. The molecule has 2 atom stereocenters. The van der Waals surface area contributed by atoms with Gasteiger partial charge in [-0.3, -0.25) is 9.69 Å². The summed E-state index contributed by atoms with van der Waals surface area (Å²) in [4.78, 5) is 14.1. The lowest BCUT2D eigenvalue weighted by Gasteiger charge is -2.41. The summed E-state index contributed by atoms with van der Waals surface area (Å²) in [6.45, 7) is 2.63. The van der Waals surface area contributed by atoms with E-state index in [2.05, 4.69) is 47.4 Å². The first-order valence-electron chi connectivity index (χ1n) is 10.2. The molecule has 2 aromatic rings. The van der Waals surface area contributed by atoms with Gasteiger partial charge in [0, 0.05) is 32.0 Å². The molecule has 3 nitrogen and oxygen atoms in total. The van der Waals surface area contributed by atoms with Gasteiger partial charge < -0.3 is 4.74 Å². The number of carbonyl (C=O) groups excluding carboxylic acids is 1. The van der Waals surface area contributed by atoms with E-state index < -0.39 is 0 Å². The van der Waals surface area contributed by atoms with Crippen molar-refractivity contribution < 1.29 is 9.53 Å². The van der Waals surface area contributed by atoms with Gasteiger partial charge in [0.2, 0.25) is 0 Å². The van der Waals surface area contributed by atoms with E-state index in [0.717, 1.165) is 45.4 Å². The molecule has 0 N–H and O–H groups in total. The second-order valence-electron chi connectivity index (χ2n) is 7.72. The highest BCUT2D eigenvalue weighted by Crippen LogP contribution is 2.28. The summed E-state index contributed by atoms with van der Waals surface area (Å²) in [6.07, 6.45) is 7.66. The van der Waals surface area contributed by atoms with Crippen molar-refractivity contribution in [2.45, 2.75) is 57.1 Å². The van der Waals surface area contributed by atoms with E-state index in [4.69, 9.17) is 4.74 Å². The van der Waals surface area contributed by atoms with Crippen LogP contribution in [0.1, 0.15) is 44.1 Å². The Bertz CT molecular complexity index is 748. The second kappa shape index (κ2) is 9.68. The summed E-state index contributed by atoms with van der Waals surface area (Å²) >= 11 is 0. The average Bonchev–Trinajstić information content (AvgIpc) is 2.69. The Balaban J connectivity index is 0.00000210. The Kier molecular flexibility index (Phi) is 7.28. The number of benzene rings is 2. The minimum Gasteiger partial charge on any atom is -0.376 e. The molecule has 0 radical (unpaired) electrons. The molecule has 1 saturated heterocycles. The Morgan fingerprint density at radius 1 is 0.963 bits per heavy atom. The second-order valence-corrected chi connectivity index (χ2v) is 7.72. The molecule has 146 valence electrons. The maximum Gasteiger partial charge on any atom is 0.135 e. The van der Waals surface area contributed by atoms with Crippen molar-refractivity contribution >= 4 is 29.0 Å². The third-order valence-electron chi connectivity index (χ3n) is 6.08. The van der Waals surface area contributed by atoms with Crippen LogP contribution in [-0.4, -0.2) is 42.5 Å². The predicted molar refractivity (Wildman–Crippen MR) is 113 cm³/mol. The molecular weight excluding hydrogens is 358 g/mol. The van der Waals surface area contributed by atoms with Gasteiger partial charge in [-0.25, -0.2) is 0 Å². The summed E-state index contributed by atoms with van der Waals surface area (Å²) in [6, 6.07) is 15.6. The van der Waals surface area contributed by atoms with Gasteiger partial charge in [-0.2, -0.15) is 0 Å². The summed E-state index contributed by atoms with van der Waals surface area (Å²) < 4.78 is 6.40. The van der Waals surface area contributed by atoms with Gasteiger partial charge in [-0.1, -0.05) is 55.3 Å². The number of hydrogen-bond donors (Lipinski definition) is 0. The molecule has 0 bridgehead atoms. The average molecular weight is 388 g/mol. The van der Waals surface area contributed by atoms with Crippen molar-refractivity contribution in [3.05, 3.63) is 48.0 Å². The fraction of sp³-hybridized carbons (Fsp3) is 0.522. The number of halogens is 1. The van der Waals surface area contributed by atoms with E-state index in [9.17, 15) is 4.79 Å². The molecule has 4 heteroatoms. The summed E-state index contributed by atoms with van der Waals surface area (Å²) in [5.41, 5.74) is 1.37. The number of hydrogen-bond acceptors (Lipinski definition) is 3. The van der Waals surface area contributed by atoms with Crippen LogP contribution in [-0.2, 0) is 16.0 Å². The van der Waals surface area contributed by atoms with Gasteiger partial charge in [0.05, 0.1) is 12.7 Å². The third kappa shape index (κ3) is 4.90. The number of piperidine rings is 1. The lowest BCUT2D eigenvalue weighted by Crippen LogP contribution is -2.50. The molecule has 1 aliphatic heterocycles. The molecule has 2 aliphatic rings. The van der Waals surface area contributed by atoms with Gasteiger partial charge in [0.25, 0.3) is 0 Å². The van der Waals surface area contributed by atoms with Crippen LogP contribution in [0.2, 0.25) is 0 Å². The van der Waals surface area contributed by atoms with Crippen molar-refractivity contribution in [2.75, 3.05) is 19.7 Å². The number of fused-ring (bicyclic) bond motifs is 1. The number of ketones is 1. The Hall–Kier alpha value is -1.42. The van der Waals surface area contributed by atoms with Crippen LogP contribution in [0.5, 0.6) is 0 Å². The van der Waals surface area contributed by atoms with E-state index in [0.29, 0.717) is 17.9 Å². The number of Topliss-reactive ketones (excluding diaryl/α,β-unsaturated/α-hetero) is 1. The van der Waals surface area contributed by atoms with Crippen LogP contribution in [0.15, 0.2) is 42.5 Å². The maximum absolute atomic E-state index is 11.6. The zero-order valence-corrected chi connectivity index (χ0v) is 16.8. The number of nitrogens with zero attached hydrogens (tertiary/aromatic N) is 1. The molecule has 1 saturated carbocycles. The third-order valence-corrected chi connectivity index (χ3v) is 6.08. The highest BCUT2D eigenvalue weighted by Gasteiger charge is 2.32. The summed E-state index contributed by atoms with van der Waals surface area (Å²) in [5, 5.41) is 2.65. The first-order valence-corrected chi connectivity index (χ1v) is 10.2. The van der Waals surface area contributed by atoms with Crippen molar-refractivity contribution in [2.24, 2.45) is 0 Å². The molecule has 1 heterocycles. The molecule has 0 aromatic heterocycles. The highest BCUT2D eigenvalue weighted by atomic mass is 35.5. The van der Waals surface area contributed by atoms with E-state index in [1.807, 2.05) is 0 Å². The largest absolute Gasteiger partial charge is 0.376 e. The molecule has 2 fully saturated rings. The standard InChI is InChI=1S/C23H29NO2.ClH/c25-20-12-15-24(16-13-20)22-10-3-4-11-23(22)26-17-14-19-8-5-7-18-6-1-2-9-21(18)19;/h1-2,5-9,22-23H,3-4,10-17H2;1H/t22-,23-;/m1./s1. The van der Waals surface area contributed by atoms with E-state index >= 15 is 0 Å². The molecule has 27 heavy (non-hydrogen) atoms. The fourth-order valence-corrected chi connectivity index (χ4v) is 4.63. The van der Waals surface area contributed by atoms with Crippen LogP contribution < -0.4 is 0 Å². The normalized spacial score (nSPS) is 23.9. The molecule has 1 aliphatic carbocycles. The minimum atomic E-state index is 0.